The molecule has 4 bridgehead atoms. The predicted molar refractivity (Wildman–Crippen MR) is 52.2 cm³/mol. The van der Waals surface area contributed by atoms with Gasteiger partial charge in [-0.05, 0) is 61.7 Å². The molecule has 4 aliphatic carbocycles. The zero-order chi connectivity index (χ0) is 8.84. The number of ether oxygens (including phenoxy) is 1. The molecule has 0 aromatic heterocycles. The van der Waals surface area contributed by atoms with Crippen LogP contribution in [0.25, 0.3) is 0 Å². The molecule has 4 aliphatic rings. The normalized spacial score (nSPS) is 48.7. The highest BCUT2D eigenvalue weighted by atomic mass is 16.5. The van der Waals surface area contributed by atoms with Crippen molar-refractivity contribution in [1.82, 2.24) is 0 Å². The largest absolute Gasteiger partial charge is 0.384 e. The lowest BCUT2D eigenvalue weighted by molar-refractivity contribution is 0.00489. The average Bonchev–Trinajstić information content (AvgIpc) is 2.10. The summed E-state index contributed by atoms with van der Waals surface area (Å²) in [5, 5.41) is 0. The molecule has 4 fully saturated rings. The van der Waals surface area contributed by atoms with Gasteiger partial charge in [-0.1, -0.05) is 0 Å². The van der Waals surface area contributed by atoms with E-state index in [1.54, 1.807) is 6.42 Å². The summed E-state index contributed by atoms with van der Waals surface area (Å²) in [5.74, 6) is 5.85. The first-order chi connectivity index (χ1) is 6.36. The van der Waals surface area contributed by atoms with Crippen molar-refractivity contribution in [3.8, 4) is 0 Å². The van der Waals surface area contributed by atoms with Crippen LogP contribution in [0.15, 0.2) is 0 Å². The molecule has 3 unspecified atom stereocenters. The van der Waals surface area contributed by atoms with E-state index in [0.717, 1.165) is 30.3 Å². The van der Waals surface area contributed by atoms with Crippen LogP contribution in [0.1, 0.15) is 32.1 Å². The molecular formula is C12H19O. The van der Waals surface area contributed by atoms with Crippen LogP contribution in [0.3, 0.4) is 0 Å². The Morgan fingerprint density at radius 3 is 2.38 bits per heavy atom. The molecule has 1 radical (unpaired) electrons. The molecule has 0 amide bonds. The Labute approximate surface area is 80.8 Å². The van der Waals surface area contributed by atoms with Gasteiger partial charge in [0.1, 0.15) is 0 Å². The van der Waals surface area contributed by atoms with Gasteiger partial charge in [-0.2, -0.15) is 0 Å². The predicted octanol–water partition coefficient (Wildman–Crippen LogP) is 2.66. The van der Waals surface area contributed by atoms with Crippen LogP contribution in [-0.4, -0.2) is 13.7 Å². The molecule has 0 aliphatic heterocycles. The van der Waals surface area contributed by atoms with Gasteiger partial charge in [0.15, 0.2) is 0 Å². The van der Waals surface area contributed by atoms with Crippen molar-refractivity contribution >= 4 is 0 Å². The molecule has 3 atom stereocenters. The highest BCUT2D eigenvalue weighted by Crippen LogP contribution is 2.57. The maximum atomic E-state index is 5.35. The summed E-state index contributed by atoms with van der Waals surface area (Å²) in [6.45, 7) is 0.999. The number of rotatable bonds is 2. The Morgan fingerprint density at radius 1 is 1.15 bits per heavy atom. The lowest BCUT2D eigenvalue weighted by Gasteiger charge is -2.54. The summed E-state index contributed by atoms with van der Waals surface area (Å²) >= 11 is 0. The van der Waals surface area contributed by atoms with Crippen LogP contribution in [0.2, 0.25) is 0 Å². The Bertz CT molecular complexity index is 171. The molecule has 13 heavy (non-hydrogen) atoms. The highest BCUT2D eigenvalue weighted by Gasteiger charge is 2.48. The summed E-state index contributed by atoms with van der Waals surface area (Å²) < 4.78 is 5.35. The fraction of sp³-hybridized carbons (Fsp3) is 0.917. The molecule has 1 heteroatoms. The van der Waals surface area contributed by atoms with Gasteiger partial charge < -0.3 is 4.74 Å². The number of methoxy groups -OCH3 is 1. The van der Waals surface area contributed by atoms with Gasteiger partial charge in [0.05, 0.1) is 0 Å². The van der Waals surface area contributed by atoms with E-state index in [1.165, 1.54) is 25.7 Å². The van der Waals surface area contributed by atoms with E-state index in [1.807, 2.05) is 13.0 Å². The standard InChI is InChI=1S/C12H19O/c1-13-7-12-10-3-8-2-9(5-10)6-11(12)4-8/h8-10,12H,2-7H2,1H3. The topological polar surface area (TPSA) is 9.23 Å². The van der Waals surface area contributed by atoms with E-state index in [4.69, 9.17) is 4.74 Å². The second kappa shape index (κ2) is 2.98. The fourth-order valence-electron chi connectivity index (χ4n) is 4.17. The van der Waals surface area contributed by atoms with E-state index < -0.39 is 0 Å². The minimum absolute atomic E-state index is 0.845. The molecule has 1 nitrogen and oxygen atoms in total. The van der Waals surface area contributed by atoms with Crippen LogP contribution >= 0.6 is 0 Å². The second-order valence-corrected chi connectivity index (χ2v) is 5.33. The van der Waals surface area contributed by atoms with Gasteiger partial charge in [0.2, 0.25) is 0 Å². The lowest BCUT2D eigenvalue weighted by atomic mass is 9.52. The summed E-state index contributed by atoms with van der Waals surface area (Å²) in [6, 6.07) is 0. The van der Waals surface area contributed by atoms with Crippen LogP contribution in [0, 0.1) is 29.6 Å². The van der Waals surface area contributed by atoms with E-state index in [0.29, 0.717) is 0 Å². The summed E-state index contributed by atoms with van der Waals surface area (Å²) in [7, 11) is 1.85. The van der Waals surface area contributed by atoms with Crippen molar-refractivity contribution in [3.05, 3.63) is 5.92 Å². The van der Waals surface area contributed by atoms with Crippen LogP contribution in [-0.2, 0) is 4.74 Å². The minimum atomic E-state index is 0.845. The molecule has 0 saturated heterocycles. The van der Waals surface area contributed by atoms with E-state index >= 15 is 0 Å². The quantitative estimate of drug-likeness (QED) is 0.633. The van der Waals surface area contributed by atoms with Gasteiger partial charge >= 0.3 is 0 Å². The first kappa shape index (κ1) is 8.28. The van der Waals surface area contributed by atoms with Crippen molar-refractivity contribution in [2.45, 2.75) is 32.1 Å². The summed E-state index contributed by atoms with van der Waals surface area (Å²) in [5.41, 5.74) is 0. The van der Waals surface area contributed by atoms with Gasteiger partial charge in [0, 0.05) is 13.7 Å². The Morgan fingerprint density at radius 2 is 1.85 bits per heavy atom. The van der Waals surface area contributed by atoms with Crippen LogP contribution in [0.5, 0.6) is 0 Å². The maximum Gasteiger partial charge on any atom is 0.0498 e. The van der Waals surface area contributed by atoms with E-state index in [-0.39, 0.29) is 0 Å². The molecular weight excluding hydrogens is 160 g/mol. The van der Waals surface area contributed by atoms with E-state index in [9.17, 15) is 0 Å². The van der Waals surface area contributed by atoms with Crippen molar-refractivity contribution in [2.75, 3.05) is 13.7 Å². The smallest absolute Gasteiger partial charge is 0.0498 e. The first-order valence-corrected chi connectivity index (χ1v) is 5.70. The fourth-order valence-corrected chi connectivity index (χ4v) is 4.17. The Balaban J connectivity index is 1.77. The number of hydrogen-bond acceptors (Lipinski definition) is 1. The van der Waals surface area contributed by atoms with Crippen LogP contribution < -0.4 is 0 Å². The van der Waals surface area contributed by atoms with Gasteiger partial charge in [-0.3, -0.25) is 0 Å². The zero-order valence-corrected chi connectivity index (χ0v) is 8.46. The Hall–Kier alpha value is -0.0400. The SMILES string of the molecule is COCC1[C]2CC3CC(C2)CC1C3. The number of hydrogen-bond donors (Lipinski definition) is 0. The molecule has 0 N–H and O–H groups in total. The Kier molecular flexibility index (Phi) is 1.90. The molecule has 0 heterocycles. The molecule has 0 aromatic carbocycles. The van der Waals surface area contributed by atoms with Gasteiger partial charge in [0.25, 0.3) is 0 Å². The molecule has 4 saturated carbocycles. The van der Waals surface area contributed by atoms with Crippen molar-refractivity contribution in [1.29, 1.82) is 0 Å². The van der Waals surface area contributed by atoms with Crippen molar-refractivity contribution < 1.29 is 4.74 Å². The van der Waals surface area contributed by atoms with Crippen molar-refractivity contribution in [3.63, 3.8) is 0 Å². The second-order valence-electron chi connectivity index (χ2n) is 5.33. The molecule has 0 aromatic rings. The third-order valence-electron chi connectivity index (χ3n) is 4.48. The molecule has 73 valence electrons. The maximum absolute atomic E-state index is 5.35. The average molecular weight is 179 g/mol. The monoisotopic (exact) mass is 179 g/mol. The zero-order valence-electron chi connectivity index (χ0n) is 8.46. The van der Waals surface area contributed by atoms with E-state index in [2.05, 4.69) is 0 Å². The third-order valence-corrected chi connectivity index (χ3v) is 4.48. The van der Waals surface area contributed by atoms with Crippen molar-refractivity contribution in [2.24, 2.45) is 23.7 Å². The summed E-state index contributed by atoms with van der Waals surface area (Å²) in [6.07, 6.45) is 7.45. The third kappa shape index (κ3) is 1.24. The van der Waals surface area contributed by atoms with Gasteiger partial charge in [-0.15, -0.1) is 0 Å². The molecule has 4 rings (SSSR count). The first-order valence-electron chi connectivity index (χ1n) is 5.70. The summed E-state index contributed by atoms with van der Waals surface area (Å²) in [4.78, 5) is 0. The van der Waals surface area contributed by atoms with Gasteiger partial charge in [-0.25, -0.2) is 0 Å². The minimum Gasteiger partial charge on any atom is -0.384 e. The highest BCUT2D eigenvalue weighted by molar-refractivity contribution is 5.13. The van der Waals surface area contributed by atoms with Crippen LogP contribution in [0.4, 0.5) is 0 Å². The lowest BCUT2D eigenvalue weighted by Crippen LogP contribution is -2.45. The molecule has 0 spiro atoms.